The van der Waals surface area contributed by atoms with Crippen molar-refractivity contribution in [1.29, 1.82) is 0 Å². The van der Waals surface area contributed by atoms with Crippen LogP contribution in [0.4, 0.5) is 0 Å². The van der Waals surface area contributed by atoms with Crippen molar-refractivity contribution in [3.8, 4) is 34.2 Å². The van der Waals surface area contributed by atoms with Gasteiger partial charge in [-0.05, 0) is 81.8 Å². The zero-order valence-electron chi connectivity index (χ0n) is 35.6. The molecule has 2 unspecified atom stereocenters. The van der Waals surface area contributed by atoms with Gasteiger partial charge in [0, 0.05) is 16.7 Å². The number of hydrogen-bond acceptors (Lipinski definition) is 3. The first-order valence-electron chi connectivity index (χ1n) is 22.2. The maximum atomic E-state index is 5.39. The van der Waals surface area contributed by atoms with E-state index in [0.29, 0.717) is 23.4 Å². The van der Waals surface area contributed by atoms with Crippen molar-refractivity contribution in [1.82, 2.24) is 15.0 Å². The second kappa shape index (κ2) is 17.5. The molecular weight excluding hydrogens is 763 g/mol. The van der Waals surface area contributed by atoms with Crippen LogP contribution in [0.1, 0.15) is 59.6 Å². The fraction of sp³-hybridized carbons (Fsp3) is 0.117. The molecule has 10 rings (SSSR count). The van der Waals surface area contributed by atoms with Crippen LogP contribution >= 0.6 is 0 Å². The van der Waals surface area contributed by atoms with E-state index in [1.165, 1.54) is 39.0 Å². The Morgan fingerprint density at radius 3 is 1.22 bits per heavy atom. The summed E-state index contributed by atoms with van der Waals surface area (Å²) in [6.07, 6.45) is 17.3. The molecule has 1 heterocycles. The first-order valence-corrected chi connectivity index (χ1v) is 22.2. The van der Waals surface area contributed by atoms with E-state index in [-0.39, 0.29) is 0 Å². The summed E-state index contributed by atoms with van der Waals surface area (Å²) in [5, 5.41) is 0. The highest BCUT2D eigenvalue weighted by Crippen LogP contribution is 2.50. The lowest BCUT2D eigenvalue weighted by molar-refractivity contribution is 0.677. The minimum absolute atomic E-state index is 0.487. The molecule has 304 valence electrons. The second-order valence-electron chi connectivity index (χ2n) is 16.7. The van der Waals surface area contributed by atoms with Crippen molar-refractivity contribution in [3.63, 3.8) is 0 Å². The van der Waals surface area contributed by atoms with Crippen LogP contribution in [-0.2, 0) is 10.8 Å². The Kier molecular flexibility index (Phi) is 11.0. The molecule has 0 aliphatic heterocycles. The van der Waals surface area contributed by atoms with E-state index < -0.39 is 10.8 Å². The topological polar surface area (TPSA) is 38.7 Å². The largest absolute Gasteiger partial charge is 0.208 e. The summed E-state index contributed by atoms with van der Waals surface area (Å²) in [5.41, 5.74) is 11.3. The Bertz CT molecular complexity index is 2870. The molecule has 0 saturated heterocycles. The van der Waals surface area contributed by atoms with Crippen molar-refractivity contribution in [2.75, 3.05) is 0 Å². The van der Waals surface area contributed by atoms with Gasteiger partial charge in [0.15, 0.2) is 17.5 Å². The van der Waals surface area contributed by atoms with Gasteiger partial charge in [0.1, 0.15) is 0 Å². The SMILES string of the molecule is CC1C=CC(C(C2=CCCC=C2)(c2ccccc2)c2cccc(-c3nc(-c4ccccc4)nc(-c4cccc(C(c5ccccc5)(c5ccccc5)c5ccccc5)c4)n3)c2)=CC1. The summed E-state index contributed by atoms with van der Waals surface area (Å²) in [7, 11) is 0. The zero-order valence-corrected chi connectivity index (χ0v) is 35.6. The van der Waals surface area contributed by atoms with Crippen LogP contribution < -0.4 is 0 Å². The van der Waals surface area contributed by atoms with E-state index in [9.17, 15) is 0 Å². The van der Waals surface area contributed by atoms with Crippen LogP contribution in [0.2, 0.25) is 0 Å². The first kappa shape index (κ1) is 39.6. The number of nitrogens with zero attached hydrogens (tertiary/aromatic N) is 3. The lowest BCUT2D eigenvalue weighted by Crippen LogP contribution is -2.33. The van der Waals surface area contributed by atoms with Gasteiger partial charge in [-0.25, -0.2) is 15.0 Å². The van der Waals surface area contributed by atoms with Gasteiger partial charge in [-0.15, -0.1) is 0 Å². The highest BCUT2D eigenvalue weighted by atomic mass is 15.0. The molecular formula is C60H49N3. The summed E-state index contributed by atoms with van der Waals surface area (Å²) in [6, 6.07) is 71.5. The molecule has 63 heavy (non-hydrogen) atoms. The van der Waals surface area contributed by atoms with Gasteiger partial charge in [0.25, 0.3) is 0 Å². The molecule has 3 heteroatoms. The monoisotopic (exact) mass is 811 g/mol. The lowest BCUT2D eigenvalue weighted by Gasteiger charge is -2.40. The molecule has 0 bridgehead atoms. The molecule has 7 aromatic carbocycles. The van der Waals surface area contributed by atoms with E-state index in [2.05, 4.69) is 225 Å². The second-order valence-corrected chi connectivity index (χ2v) is 16.7. The molecule has 2 aliphatic carbocycles. The van der Waals surface area contributed by atoms with Crippen LogP contribution in [0.15, 0.2) is 248 Å². The maximum absolute atomic E-state index is 5.39. The molecule has 0 fully saturated rings. The molecule has 1 aromatic heterocycles. The number of benzene rings is 7. The van der Waals surface area contributed by atoms with E-state index in [4.69, 9.17) is 15.0 Å². The summed E-state index contributed by atoms with van der Waals surface area (Å²) in [6.45, 7) is 2.29. The van der Waals surface area contributed by atoms with Gasteiger partial charge < -0.3 is 0 Å². The van der Waals surface area contributed by atoms with Gasteiger partial charge in [0.05, 0.1) is 10.8 Å². The molecule has 3 nitrogen and oxygen atoms in total. The molecule has 0 radical (unpaired) electrons. The molecule has 0 amide bonds. The molecule has 0 saturated carbocycles. The molecule has 8 aromatic rings. The van der Waals surface area contributed by atoms with Crippen molar-refractivity contribution in [3.05, 3.63) is 281 Å². The van der Waals surface area contributed by atoms with Crippen LogP contribution in [0.3, 0.4) is 0 Å². The summed E-state index contributed by atoms with van der Waals surface area (Å²) in [4.78, 5) is 15.9. The molecule has 2 aliphatic rings. The highest BCUT2D eigenvalue weighted by molar-refractivity contribution is 5.71. The Morgan fingerprint density at radius 2 is 0.778 bits per heavy atom. The van der Waals surface area contributed by atoms with Crippen molar-refractivity contribution >= 4 is 0 Å². The number of allylic oxidation sites excluding steroid dienone is 8. The average Bonchev–Trinajstić information content (AvgIpc) is 3.37. The third kappa shape index (κ3) is 7.40. The van der Waals surface area contributed by atoms with Crippen molar-refractivity contribution in [2.45, 2.75) is 37.0 Å². The van der Waals surface area contributed by atoms with Crippen molar-refractivity contribution in [2.24, 2.45) is 5.92 Å². The van der Waals surface area contributed by atoms with E-state index >= 15 is 0 Å². The van der Waals surface area contributed by atoms with Gasteiger partial charge in [-0.2, -0.15) is 0 Å². The lowest BCUT2D eigenvalue weighted by atomic mass is 9.62. The molecule has 0 N–H and O–H groups in total. The Morgan fingerprint density at radius 1 is 0.381 bits per heavy atom. The van der Waals surface area contributed by atoms with Gasteiger partial charge in [0.2, 0.25) is 0 Å². The maximum Gasteiger partial charge on any atom is 0.164 e. The third-order valence-electron chi connectivity index (χ3n) is 12.8. The zero-order chi connectivity index (χ0) is 42.5. The Balaban J connectivity index is 1.18. The van der Waals surface area contributed by atoms with Crippen LogP contribution in [0.25, 0.3) is 34.2 Å². The van der Waals surface area contributed by atoms with Crippen LogP contribution in [0.5, 0.6) is 0 Å². The molecule has 2 atom stereocenters. The van der Waals surface area contributed by atoms with Gasteiger partial charge >= 0.3 is 0 Å². The fourth-order valence-electron chi connectivity index (χ4n) is 9.78. The number of rotatable bonds is 11. The summed E-state index contributed by atoms with van der Waals surface area (Å²) >= 11 is 0. The predicted molar refractivity (Wildman–Crippen MR) is 259 cm³/mol. The highest BCUT2D eigenvalue weighted by Gasteiger charge is 2.41. The predicted octanol–water partition coefficient (Wildman–Crippen LogP) is 14.3. The minimum Gasteiger partial charge on any atom is -0.208 e. The normalized spacial score (nSPS) is 15.9. The fourth-order valence-corrected chi connectivity index (χ4v) is 9.78. The van der Waals surface area contributed by atoms with E-state index in [1.807, 2.05) is 18.2 Å². The Hall–Kier alpha value is -7.49. The summed E-state index contributed by atoms with van der Waals surface area (Å²) in [5.74, 6) is 2.36. The number of hydrogen-bond donors (Lipinski definition) is 0. The van der Waals surface area contributed by atoms with Gasteiger partial charge in [-0.1, -0.05) is 231 Å². The number of aromatic nitrogens is 3. The van der Waals surface area contributed by atoms with Gasteiger partial charge in [-0.3, -0.25) is 0 Å². The van der Waals surface area contributed by atoms with E-state index in [0.717, 1.165) is 41.5 Å². The van der Waals surface area contributed by atoms with Crippen molar-refractivity contribution < 1.29 is 0 Å². The smallest absolute Gasteiger partial charge is 0.164 e. The summed E-state index contributed by atoms with van der Waals surface area (Å²) < 4.78 is 0. The standard InChI is InChI=1S/C60H49N3/c1-44-38-40-53(41-39-44)60(51-32-16-6-17-33-51,52-34-18-7-19-35-52)55-37-21-25-47(43-55)58-62-56(45-22-8-2-9-23-45)61-57(63-58)46-24-20-36-54(42-46)59(48-26-10-3-11-27-48,49-28-12-4-13-29-49)50-30-14-5-15-31-50/h2-6,8-18,20-38,40-44H,7,19,39H2,1H3. The minimum atomic E-state index is -0.616. The molecule has 0 spiro atoms. The van der Waals surface area contributed by atoms with Crippen LogP contribution in [-0.4, -0.2) is 15.0 Å². The van der Waals surface area contributed by atoms with E-state index in [1.54, 1.807) is 0 Å². The third-order valence-corrected chi connectivity index (χ3v) is 12.8. The van der Waals surface area contributed by atoms with Crippen LogP contribution in [0, 0.1) is 5.92 Å². The average molecular weight is 812 g/mol. The quantitative estimate of drug-likeness (QED) is 0.122. The Labute approximate surface area is 371 Å². The first-order chi connectivity index (χ1) is 31.1.